The molecule has 20 nitrogen and oxygen atoms in total. The van der Waals surface area contributed by atoms with Crippen LogP contribution in [0.15, 0.2) is 12.7 Å². The summed E-state index contributed by atoms with van der Waals surface area (Å²) in [4.78, 5) is 50.0. The van der Waals surface area contributed by atoms with Crippen molar-refractivity contribution in [3.8, 4) is 0 Å². The van der Waals surface area contributed by atoms with E-state index in [4.69, 9.17) is 15.6 Å². The maximum Gasteiger partial charge on any atom is 0.481 e. The third-order valence-electron chi connectivity index (χ3n) is 5.51. The van der Waals surface area contributed by atoms with E-state index in [-0.39, 0.29) is 17.0 Å². The first-order valence-corrected chi connectivity index (χ1v) is 15.3. The van der Waals surface area contributed by atoms with Crippen LogP contribution in [0.3, 0.4) is 0 Å². The molecule has 2 aromatic heterocycles. The molecular weight excluding hydrogens is 595 g/mol. The highest BCUT2D eigenvalue weighted by molar-refractivity contribution is 7.61. The van der Waals surface area contributed by atoms with Crippen molar-refractivity contribution in [1.82, 2.24) is 19.5 Å². The number of imidazole rings is 1. The predicted molar refractivity (Wildman–Crippen MR) is 126 cm³/mol. The summed E-state index contributed by atoms with van der Waals surface area (Å²) in [5.41, 5.74) is 4.64. The zero-order chi connectivity index (χ0) is 29.4. The molecule has 1 fully saturated rings. The van der Waals surface area contributed by atoms with Gasteiger partial charge in [-0.25, -0.2) is 28.6 Å². The number of nitrogens with two attached hydrogens (primary N) is 1. The Morgan fingerprint density at radius 3 is 2.38 bits per heavy atom. The average Bonchev–Trinajstić information content (AvgIpc) is 3.36. The van der Waals surface area contributed by atoms with E-state index in [1.165, 1.54) is 13.8 Å². The van der Waals surface area contributed by atoms with Crippen LogP contribution in [0, 0.1) is 5.41 Å². The highest BCUT2D eigenvalue weighted by Crippen LogP contribution is 2.61. The summed E-state index contributed by atoms with van der Waals surface area (Å²) >= 11 is 0. The quantitative estimate of drug-likeness (QED) is 0.121. The number of aromatic nitrogens is 4. The topological polar surface area (TPSA) is 309 Å². The van der Waals surface area contributed by atoms with E-state index in [0.29, 0.717) is 0 Å². The molecule has 0 amide bonds. The van der Waals surface area contributed by atoms with Gasteiger partial charge in [0.05, 0.1) is 32.3 Å². The standard InChI is InChI=1S/C16H28N5O15P3/c1-16(2,9(23)3-22)5-33-39(30,31)36-38(28,29)32-4-8-12(35-37(25,26)27)11(24)15(34-8)21-7-20-10-13(17)18-6-19-14(10)21/h6-9,11-12,15,22-24H,3-5H2,1-2H3,(H,28,29)(H,30,31)(H2,17,18,19)(H2,25,26,27)/t8-,9-,11-,12-,15-/m1/s1. The second kappa shape index (κ2) is 11.8. The van der Waals surface area contributed by atoms with Crippen molar-refractivity contribution in [2.45, 2.75) is 44.5 Å². The van der Waals surface area contributed by atoms with Crippen molar-refractivity contribution in [2.24, 2.45) is 5.41 Å². The lowest BCUT2D eigenvalue weighted by Gasteiger charge is -2.29. The molecule has 222 valence electrons. The van der Waals surface area contributed by atoms with E-state index in [2.05, 4.69) is 32.8 Å². The first-order valence-electron chi connectivity index (χ1n) is 10.8. The second-order valence-electron chi connectivity index (χ2n) is 8.97. The van der Waals surface area contributed by atoms with E-state index >= 15 is 0 Å². The highest BCUT2D eigenvalue weighted by atomic mass is 31.3. The van der Waals surface area contributed by atoms with E-state index < -0.39 is 79.3 Å². The van der Waals surface area contributed by atoms with Crippen LogP contribution < -0.4 is 5.73 Å². The summed E-state index contributed by atoms with van der Waals surface area (Å²) < 4.78 is 60.8. The number of rotatable bonds is 13. The van der Waals surface area contributed by atoms with Gasteiger partial charge in [-0.1, -0.05) is 13.8 Å². The van der Waals surface area contributed by atoms with Crippen molar-refractivity contribution >= 4 is 40.4 Å². The summed E-state index contributed by atoms with van der Waals surface area (Å²) in [6.07, 6.45) is -5.96. The summed E-state index contributed by atoms with van der Waals surface area (Å²) in [6.45, 7) is 0.299. The molecule has 2 unspecified atom stereocenters. The fourth-order valence-electron chi connectivity index (χ4n) is 3.36. The van der Waals surface area contributed by atoms with Gasteiger partial charge < -0.3 is 45.4 Å². The smallest absolute Gasteiger partial charge is 0.394 e. The zero-order valence-electron chi connectivity index (χ0n) is 20.3. The van der Waals surface area contributed by atoms with Crippen molar-refractivity contribution in [1.29, 1.82) is 0 Å². The number of aliphatic hydroxyl groups is 3. The molecule has 39 heavy (non-hydrogen) atoms. The van der Waals surface area contributed by atoms with E-state index in [1.54, 1.807) is 0 Å². The van der Waals surface area contributed by atoms with Gasteiger partial charge in [-0.15, -0.1) is 0 Å². The number of nitrogen functional groups attached to an aromatic ring is 1. The van der Waals surface area contributed by atoms with Crippen LogP contribution in [-0.2, 0) is 36.3 Å². The Labute approximate surface area is 219 Å². The normalized spacial score (nSPS) is 26.4. The number of phosphoric acid groups is 3. The number of nitrogens with zero attached hydrogens (tertiary/aromatic N) is 4. The minimum Gasteiger partial charge on any atom is -0.394 e. The number of aliphatic hydroxyl groups excluding tert-OH is 3. The first-order chi connectivity index (χ1) is 17.9. The third-order valence-corrected chi connectivity index (χ3v) is 8.61. The fourth-order valence-corrected chi connectivity index (χ4v) is 6.19. The molecule has 0 spiro atoms. The van der Waals surface area contributed by atoms with Crippen LogP contribution in [0.5, 0.6) is 0 Å². The van der Waals surface area contributed by atoms with Gasteiger partial charge in [-0.3, -0.25) is 18.1 Å². The molecule has 1 aliphatic heterocycles. The van der Waals surface area contributed by atoms with Gasteiger partial charge in [-0.2, -0.15) is 4.31 Å². The van der Waals surface area contributed by atoms with Gasteiger partial charge in [0.1, 0.15) is 30.2 Å². The van der Waals surface area contributed by atoms with Gasteiger partial charge in [0.25, 0.3) is 0 Å². The summed E-state index contributed by atoms with van der Waals surface area (Å²) in [6, 6.07) is 0. The minimum atomic E-state index is -5.42. The number of anilines is 1. The summed E-state index contributed by atoms with van der Waals surface area (Å²) in [5, 5.41) is 29.5. The molecule has 3 heterocycles. The molecule has 9 N–H and O–H groups in total. The van der Waals surface area contributed by atoms with Crippen LogP contribution in [0.1, 0.15) is 20.1 Å². The van der Waals surface area contributed by atoms with Crippen molar-refractivity contribution in [3.05, 3.63) is 12.7 Å². The number of ether oxygens (including phenoxy) is 1. The summed E-state index contributed by atoms with van der Waals surface area (Å²) in [7, 11) is -16.0. The lowest BCUT2D eigenvalue weighted by atomic mass is 9.88. The number of phosphoric ester groups is 3. The van der Waals surface area contributed by atoms with Crippen LogP contribution in [-0.4, -0.2) is 98.6 Å². The lowest BCUT2D eigenvalue weighted by Crippen LogP contribution is -2.36. The number of hydrogen-bond donors (Lipinski definition) is 8. The molecule has 2 aromatic rings. The number of fused-ring (bicyclic) bond motifs is 1. The number of hydrogen-bond acceptors (Lipinski definition) is 15. The molecule has 0 radical (unpaired) electrons. The van der Waals surface area contributed by atoms with Crippen LogP contribution in [0.25, 0.3) is 11.2 Å². The Morgan fingerprint density at radius 1 is 1.13 bits per heavy atom. The van der Waals surface area contributed by atoms with Crippen molar-refractivity contribution in [3.63, 3.8) is 0 Å². The van der Waals surface area contributed by atoms with Crippen LogP contribution >= 0.6 is 23.5 Å². The SMILES string of the molecule is CC(C)(COP(=O)(O)OP(=O)(O)OC[C@H]1O[C@@H](n2cnc3c(N)ncnc32)[C@H](O)[C@@H]1OP(=O)(O)O)[C@H](O)CO. The molecular formula is C16H28N5O15P3. The maximum absolute atomic E-state index is 12.3. The molecule has 0 aliphatic carbocycles. The van der Waals surface area contributed by atoms with Gasteiger partial charge >= 0.3 is 23.5 Å². The zero-order valence-corrected chi connectivity index (χ0v) is 23.0. The minimum absolute atomic E-state index is 0.0163. The Morgan fingerprint density at radius 2 is 1.77 bits per heavy atom. The Hall–Kier alpha value is -1.44. The van der Waals surface area contributed by atoms with E-state index in [1.807, 2.05) is 0 Å². The van der Waals surface area contributed by atoms with Gasteiger partial charge in [0, 0.05) is 5.41 Å². The van der Waals surface area contributed by atoms with E-state index in [0.717, 1.165) is 17.2 Å². The Balaban J connectivity index is 1.74. The van der Waals surface area contributed by atoms with Crippen LogP contribution in [0.4, 0.5) is 5.82 Å². The predicted octanol–water partition coefficient (Wildman–Crippen LogP) is -1.23. The molecule has 1 aliphatic rings. The first kappa shape index (κ1) is 32.1. The highest BCUT2D eigenvalue weighted by Gasteiger charge is 2.50. The molecule has 7 atom stereocenters. The van der Waals surface area contributed by atoms with Gasteiger partial charge in [-0.05, 0) is 0 Å². The second-order valence-corrected chi connectivity index (χ2v) is 13.2. The summed E-state index contributed by atoms with van der Waals surface area (Å²) in [5.74, 6) is -0.0163. The van der Waals surface area contributed by atoms with Crippen LogP contribution in [0.2, 0.25) is 0 Å². The third kappa shape index (κ3) is 8.07. The monoisotopic (exact) mass is 623 g/mol. The van der Waals surface area contributed by atoms with Gasteiger partial charge in [0.15, 0.2) is 17.7 Å². The lowest BCUT2D eigenvalue weighted by molar-refractivity contribution is -0.0506. The Kier molecular flexibility index (Phi) is 9.72. The largest absolute Gasteiger partial charge is 0.481 e. The Bertz CT molecular complexity index is 1300. The molecule has 23 heteroatoms. The molecule has 0 aromatic carbocycles. The molecule has 1 saturated heterocycles. The average molecular weight is 623 g/mol. The maximum atomic E-state index is 12.3. The van der Waals surface area contributed by atoms with E-state index in [9.17, 15) is 43.5 Å². The van der Waals surface area contributed by atoms with Gasteiger partial charge in [0.2, 0.25) is 0 Å². The fraction of sp³-hybridized carbons (Fsp3) is 0.688. The van der Waals surface area contributed by atoms with Crippen molar-refractivity contribution in [2.75, 3.05) is 25.6 Å². The molecule has 0 bridgehead atoms. The molecule has 0 saturated carbocycles. The van der Waals surface area contributed by atoms with Crippen molar-refractivity contribution < 1.29 is 71.2 Å². The molecule has 3 rings (SSSR count).